The second kappa shape index (κ2) is 5.69. The monoisotopic (exact) mass is 293 g/mol. The fraction of sp³-hybridized carbons (Fsp3) is 0.429. The van der Waals surface area contributed by atoms with Crippen molar-refractivity contribution in [3.63, 3.8) is 0 Å². The van der Waals surface area contributed by atoms with Crippen molar-refractivity contribution in [3.05, 3.63) is 39.4 Å². The van der Waals surface area contributed by atoms with Crippen LogP contribution >= 0.6 is 0 Å². The minimum atomic E-state index is -0.680. The smallest absolute Gasteiger partial charge is 0.267 e. The van der Waals surface area contributed by atoms with E-state index < -0.39 is 6.67 Å². The Morgan fingerprint density at radius 2 is 2.29 bits per heavy atom. The van der Waals surface area contributed by atoms with Gasteiger partial charge in [-0.25, -0.2) is 9.37 Å². The third kappa shape index (κ3) is 2.44. The van der Waals surface area contributed by atoms with Crippen molar-refractivity contribution in [2.75, 3.05) is 20.3 Å². The summed E-state index contributed by atoms with van der Waals surface area (Å²) in [5.74, 6) is 0.255. The number of aromatic amines is 1. The summed E-state index contributed by atoms with van der Waals surface area (Å²) < 4.78 is 25.1. The highest BCUT2D eigenvalue weighted by Crippen LogP contribution is 2.21. The van der Waals surface area contributed by atoms with Crippen molar-refractivity contribution in [2.24, 2.45) is 0 Å². The third-order valence-corrected chi connectivity index (χ3v) is 3.59. The van der Waals surface area contributed by atoms with E-state index in [9.17, 15) is 9.18 Å². The largest absolute Gasteiger partial charge is 0.481 e. The number of fused-ring (bicyclic) bond motifs is 1. The Morgan fingerprint density at radius 1 is 1.48 bits per heavy atom. The number of halogens is 1. The highest BCUT2D eigenvalue weighted by atomic mass is 19.1. The zero-order valence-electron chi connectivity index (χ0n) is 11.7. The predicted octanol–water partition coefficient (Wildman–Crippen LogP) is 1.15. The molecule has 0 amide bonds. The molecule has 1 aliphatic heterocycles. The van der Waals surface area contributed by atoms with Gasteiger partial charge in [-0.3, -0.25) is 14.6 Å². The van der Waals surface area contributed by atoms with E-state index in [4.69, 9.17) is 9.47 Å². The van der Waals surface area contributed by atoms with Crippen molar-refractivity contribution < 1.29 is 13.9 Å². The molecule has 112 valence electrons. The average Bonchev–Trinajstić information content (AvgIpc) is 2.70. The van der Waals surface area contributed by atoms with Crippen LogP contribution in [0.4, 0.5) is 4.39 Å². The Kier molecular flexibility index (Phi) is 3.74. The molecule has 0 unspecified atom stereocenters. The lowest BCUT2D eigenvalue weighted by atomic mass is 10.1. The molecule has 0 bridgehead atoms. The molecule has 0 atom stereocenters. The maximum Gasteiger partial charge on any atom is 0.267 e. The van der Waals surface area contributed by atoms with Gasteiger partial charge in [0.1, 0.15) is 6.67 Å². The van der Waals surface area contributed by atoms with E-state index in [1.165, 1.54) is 7.11 Å². The summed E-state index contributed by atoms with van der Waals surface area (Å²) in [5, 5.41) is 2.79. The Balaban J connectivity index is 2.11. The molecule has 0 aromatic carbocycles. The fourth-order valence-corrected chi connectivity index (χ4v) is 2.58. The van der Waals surface area contributed by atoms with Gasteiger partial charge in [-0.05, 0) is 6.07 Å². The first-order valence-electron chi connectivity index (χ1n) is 6.74. The van der Waals surface area contributed by atoms with Crippen LogP contribution in [0.1, 0.15) is 16.8 Å². The molecule has 0 radical (unpaired) electrons. The number of nitrogens with zero attached hydrogens (tertiary/aromatic N) is 2. The molecule has 2 aromatic rings. The van der Waals surface area contributed by atoms with Crippen LogP contribution in [0.3, 0.4) is 0 Å². The molecule has 2 aromatic heterocycles. The number of ether oxygens (including phenoxy) is 2. The number of hydrogen-bond donors (Lipinski definition) is 1. The number of H-pyrrole nitrogens is 1. The van der Waals surface area contributed by atoms with E-state index in [0.717, 1.165) is 11.3 Å². The SMILES string of the molecule is COc1ncc(-n2[nH]c(=O)c3c2CCOCC3)cc1CF. The zero-order chi connectivity index (χ0) is 14.8. The van der Waals surface area contributed by atoms with E-state index in [2.05, 4.69) is 10.1 Å². The van der Waals surface area contributed by atoms with E-state index in [-0.39, 0.29) is 11.4 Å². The normalized spacial score (nSPS) is 14.6. The number of pyridine rings is 1. The maximum atomic E-state index is 13.1. The molecule has 3 rings (SSSR count). The zero-order valence-corrected chi connectivity index (χ0v) is 11.7. The lowest BCUT2D eigenvalue weighted by molar-refractivity contribution is 0.145. The first kappa shape index (κ1) is 13.8. The lowest BCUT2D eigenvalue weighted by Crippen LogP contribution is -2.10. The number of rotatable bonds is 3. The van der Waals surface area contributed by atoms with Gasteiger partial charge in [0.05, 0.1) is 37.9 Å². The van der Waals surface area contributed by atoms with Crippen molar-refractivity contribution >= 4 is 0 Å². The summed E-state index contributed by atoms with van der Waals surface area (Å²) in [4.78, 5) is 16.1. The summed E-state index contributed by atoms with van der Waals surface area (Å²) in [6.07, 6.45) is 2.77. The first-order valence-corrected chi connectivity index (χ1v) is 6.74. The van der Waals surface area contributed by atoms with Gasteiger partial charge in [0, 0.05) is 24.0 Å². The minimum Gasteiger partial charge on any atom is -0.481 e. The van der Waals surface area contributed by atoms with Crippen LogP contribution in [0.2, 0.25) is 0 Å². The van der Waals surface area contributed by atoms with Crippen LogP contribution in [0.5, 0.6) is 5.88 Å². The molecule has 21 heavy (non-hydrogen) atoms. The predicted molar refractivity (Wildman–Crippen MR) is 73.8 cm³/mol. The van der Waals surface area contributed by atoms with Gasteiger partial charge >= 0.3 is 0 Å². The van der Waals surface area contributed by atoms with Gasteiger partial charge in [-0.1, -0.05) is 0 Å². The molecular formula is C14H16FN3O3. The van der Waals surface area contributed by atoms with Crippen LogP contribution in [0, 0.1) is 0 Å². The van der Waals surface area contributed by atoms with Crippen molar-refractivity contribution in [3.8, 4) is 11.6 Å². The second-order valence-electron chi connectivity index (χ2n) is 4.81. The van der Waals surface area contributed by atoms with E-state index >= 15 is 0 Å². The number of hydrogen-bond acceptors (Lipinski definition) is 4. The number of alkyl halides is 1. The lowest BCUT2D eigenvalue weighted by Gasteiger charge is -2.10. The third-order valence-electron chi connectivity index (χ3n) is 3.59. The van der Waals surface area contributed by atoms with Crippen LogP contribution in [0.15, 0.2) is 17.1 Å². The molecule has 1 N–H and O–H groups in total. The molecule has 0 aliphatic carbocycles. The number of aromatic nitrogens is 3. The van der Waals surface area contributed by atoms with Gasteiger partial charge in [-0.15, -0.1) is 0 Å². The average molecular weight is 293 g/mol. The standard InChI is InChI=1S/C14H16FN3O3/c1-20-14-9(7-15)6-10(8-16-14)18-12-3-5-21-4-2-11(12)13(19)17-18/h6,8H,2-5,7H2,1H3,(H,17,19). The van der Waals surface area contributed by atoms with Gasteiger partial charge in [0.25, 0.3) is 5.56 Å². The van der Waals surface area contributed by atoms with Gasteiger partial charge < -0.3 is 9.47 Å². The molecule has 0 spiro atoms. The minimum absolute atomic E-state index is 0.131. The van der Waals surface area contributed by atoms with Crippen LogP contribution in [-0.4, -0.2) is 35.1 Å². The van der Waals surface area contributed by atoms with E-state index in [0.29, 0.717) is 37.3 Å². The highest BCUT2D eigenvalue weighted by Gasteiger charge is 2.19. The van der Waals surface area contributed by atoms with Crippen LogP contribution in [0.25, 0.3) is 5.69 Å². The van der Waals surface area contributed by atoms with Crippen molar-refractivity contribution in [1.82, 2.24) is 14.8 Å². The molecular weight excluding hydrogens is 277 g/mol. The molecule has 3 heterocycles. The van der Waals surface area contributed by atoms with E-state index in [1.54, 1.807) is 16.9 Å². The molecule has 0 fully saturated rings. The maximum absolute atomic E-state index is 13.1. The Bertz CT molecular complexity index is 708. The summed E-state index contributed by atoms with van der Waals surface area (Å²) in [5.41, 5.74) is 2.43. The summed E-state index contributed by atoms with van der Waals surface area (Å²) in [6, 6.07) is 1.63. The van der Waals surface area contributed by atoms with Gasteiger partial charge in [0.2, 0.25) is 5.88 Å². The second-order valence-corrected chi connectivity index (χ2v) is 4.81. The van der Waals surface area contributed by atoms with Crippen LogP contribution in [-0.2, 0) is 24.3 Å². The Morgan fingerprint density at radius 3 is 3.05 bits per heavy atom. The summed E-state index contributed by atoms with van der Waals surface area (Å²) in [7, 11) is 1.45. The number of methoxy groups -OCH3 is 1. The quantitative estimate of drug-likeness (QED) is 0.922. The molecule has 0 saturated carbocycles. The molecule has 6 nitrogen and oxygen atoms in total. The van der Waals surface area contributed by atoms with Crippen LogP contribution < -0.4 is 10.3 Å². The molecule has 1 aliphatic rings. The Hall–Kier alpha value is -2.15. The Labute approximate surface area is 120 Å². The molecule has 0 saturated heterocycles. The topological polar surface area (TPSA) is 69.1 Å². The highest BCUT2D eigenvalue weighted by molar-refractivity contribution is 5.40. The summed E-state index contributed by atoms with van der Waals surface area (Å²) in [6.45, 7) is 0.418. The van der Waals surface area contributed by atoms with Gasteiger partial charge in [-0.2, -0.15) is 0 Å². The van der Waals surface area contributed by atoms with Crippen molar-refractivity contribution in [2.45, 2.75) is 19.5 Å². The van der Waals surface area contributed by atoms with Gasteiger partial charge in [0.15, 0.2) is 0 Å². The number of nitrogens with one attached hydrogen (secondary N) is 1. The molecule has 7 heteroatoms. The van der Waals surface area contributed by atoms with Crippen molar-refractivity contribution in [1.29, 1.82) is 0 Å². The summed E-state index contributed by atoms with van der Waals surface area (Å²) >= 11 is 0. The fourth-order valence-electron chi connectivity index (χ4n) is 2.58. The van der Waals surface area contributed by atoms with E-state index in [1.807, 2.05) is 0 Å². The first-order chi connectivity index (χ1) is 10.2.